The number of amides is 1. The zero-order valence-electron chi connectivity index (χ0n) is 22.3. The van der Waals surface area contributed by atoms with Gasteiger partial charge in [0.05, 0.1) is 19.6 Å². The van der Waals surface area contributed by atoms with Crippen LogP contribution in [0.2, 0.25) is 0 Å². The fourth-order valence-corrected chi connectivity index (χ4v) is 4.90. The molecule has 0 bridgehead atoms. The maximum Gasteiger partial charge on any atom is 0.227 e. The van der Waals surface area contributed by atoms with Gasteiger partial charge in [-0.25, -0.2) is 0 Å². The molecule has 196 valence electrons. The summed E-state index contributed by atoms with van der Waals surface area (Å²) >= 11 is 0. The van der Waals surface area contributed by atoms with Gasteiger partial charge in [-0.2, -0.15) is 0 Å². The first-order valence-corrected chi connectivity index (χ1v) is 13.6. The van der Waals surface area contributed by atoms with Gasteiger partial charge in [-0.3, -0.25) is 9.69 Å². The Morgan fingerprint density at radius 1 is 0.892 bits per heavy atom. The van der Waals surface area contributed by atoms with Gasteiger partial charge in [0.25, 0.3) is 0 Å². The van der Waals surface area contributed by atoms with E-state index in [1.165, 1.54) is 11.1 Å². The van der Waals surface area contributed by atoms with E-state index in [1.807, 2.05) is 31.2 Å². The third-order valence-electron chi connectivity index (χ3n) is 6.80. The number of fused-ring (bicyclic) bond motifs is 1. The predicted molar refractivity (Wildman–Crippen MR) is 149 cm³/mol. The molecule has 1 aliphatic rings. The molecule has 3 aromatic carbocycles. The molecule has 37 heavy (non-hydrogen) atoms. The number of benzene rings is 3. The van der Waals surface area contributed by atoms with E-state index >= 15 is 0 Å². The van der Waals surface area contributed by atoms with Crippen molar-refractivity contribution in [1.29, 1.82) is 0 Å². The maximum absolute atomic E-state index is 13.4. The lowest BCUT2D eigenvalue weighted by atomic mass is 10.1. The van der Waals surface area contributed by atoms with E-state index < -0.39 is 0 Å². The summed E-state index contributed by atoms with van der Waals surface area (Å²) in [4.78, 5) is 17.9. The van der Waals surface area contributed by atoms with Gasteiger partial charge in [0.2, 0.25) is 5.91 Å². The average molecular weight is 501 g/mol. The number of hydrogen-bond donors (Lipinski definition) is 0. The number of aryl methyl sites for hydroxylation is 1. The highest BCUT2D eigenvalue weighted by atomic mass is 16.5. The molecular weight excluding hydrogens is 460 g/mol. The smallest absolute Gasteiger partial charge is 0.227 e. The lowest BCUT2D eigenvalue weighted by molar-refractivity contribution is -0.130. The predicted octanol–water partition coefficient (Wildman–Crippen LogP) is 6.03. The summed E-state index contributed by atoms with van der Waals surface area (Å²) in [7, 11) is 0. The van der Waals surface area contributed by atoms with Crippen molar-refractivity contribution < 1.29 is 14.3 Å². The number of nitrogens with zero attached hydrogens (tertiary/aromatic N) is 2. The van der Waals surface area contributed by atoms with Crippen molar-refractivity contribution in [2.24, 2.45) is 0 Å². The van der Waals surface area contributed by atoms with Crippen LogP contribution in [0.3, 0.4) is 0 Å². The molecule has 0 N–H and O–H groups in total. The van der Waals surface area contributed by atoms with Crippen LogP contribution in [0, 0.1) is 6.92 Å². The molecular formula is C32H40N2O3. The molecule has 1 heterocycles. The third-order valence-corrected chi connectivity index (χ3v) is 6.80. The fraction of sp³-hybridized carbons (Fsp3) is 0.406. The summed E-state index contributed by atoms with van der Waals surface area (Å²) in [5.74, 6) is 1.87. The highest BCUT2D eigenvalue weighted by Crippen LogP contribution is 2.33. The Hall–Kier alpha value is -3.31. The number of carbonyl (C=O) groups excluding carboxylic acids is 1. The van der Waals surface area contributed by atoms with Crippen LogP contribution in [0.4, 0.5) is 0 Å². The molecule has 4 rings (SSSR count). The van der Waals surface area contributed by atoms with Crippen LogP contribution in [0.25, 0.3) is 0 Å². The summed E-state index contributed by atoms with van der Waals surface area (Å²) < 4.78 is 12.2. The molecule has 5 heteroatoms. The zero-order valence-corrected chi connectivity index (χ0v) is 22.3. The number of carbonyl (C=O) groups is 1. The second-order valence-corrected chi connectivity index (χ2v) is 9.83. The van der Waals surface area contributed by atoms with Gasteiger partial charge in [-0.15, -0.1) is 0 Å². The van der Waals surface area contributed by atoms with E-state index in [0.29, 0.717) is 26.2 Å². The topological polar surface area (TPSA) is 42.0 Å². The second kappa shape index (κ2) is 13.8. The molecule has 0 atom stereocenters. The van der Waals surface area contributed by atoms with Crippen LogP contribution < -0.4 is 9.47 Å². The first-order valence-electron chi connectivity index (χ1n) is 13.6. The van der Waals surface area contributed by atoms with Gasteiger partial charge in [0.1, 0.15) is 0 Å². The Morgan fingerprint density at radius 3 is 2.51 bits per heavy atom. The second-order valence-electron chi connectivity index (χ2n) is 9.83. The lowest BCUT2D eigenvalue weighted by Crippen LogP contribution is -2.39. The van der Waals surface area contributed by atoms with Crippen molar-refractivity contribution in [2.45, 2.75) is 52.6 Å². The lowest BCUT2D eigenvalue weighted by Gasteiger charge is -2.29. The molecule has 0 radical (unpaired) electrons. The minimum Gasteiger partial charge on any atom is -0.490 e. The minimum atomic E-state index is 0.204. The molecule has 0 unspecified atom stereocenters. The minimum absolute atomic E-state index is 0.204. The summed E-state index contributed by atoms with van der Waals surface area (Å²) in [6.45, 7) is 9.13. The van der Waals surface area contributed by atoms with E-state index in [2.05, 4.69) is 65.3 Å². The Bertz CT molecular complexity index is 1130. The van der Waals surface area contributed by atoms with Gasteiger partial charge in [0.15, 0.2) is 11.5 Å². The molecule has 0 spiro atoms. The molecule has 0 saturated heterocycles. The van der Waals surface area contributed by atoms with Gasteiger partial charge < -0.3 is 14.4 Å². The first-order chi connectivity index (χ1) is 18.1. The summed E-state index contributed by atoms with van der Waals surface area (Å²) in [6, 6.07) is 25.0. The molecule has 3 aromatic rings. The Morgan fingerprint density at radius 2 is 1.70 bits per heavy atom. The Labute approximate surface area is 222 Å². The normalized spacial score (nSPS) is 15.5. The van der Waals surface area contributed by atoms with E-state index in [1.54, 1.807) is 0 Å². The van der Waals surface area contributed by atoms with Gasteiger partial charge in [-0.05, 0) is 50.3 Å². The van der Waals surface area contributed by atoms with Crippen molar-refractivity contribution >= 4 is 5.91 Å². The van der Waals surface area contributed by atoms with E-state index in [9.17, 15) is 4.79 Å². The van der Waals surface area contributed by atoms with Crippen molar-refractivity contribution in [3.05, 3.63) is 95.1 Å². The highest BCUT2D eigenvalue weighted by molar-refractivity contribution is 5.78. The Kier molecular flexibility index (Phi) is 10.0. The largest absolute Gasteiger partial charge is 0.490 e. The fourth-order valence-electron chi connectivity index (χ4n) is 4.90. The van der Waals surface area contributed by atoms with E-state index in [0.717, 1.165) is 68.1 Å². The first kappa shape index (κ1) is 26.7. The quantitative estimate of drug-likeness (QED) is 0.414. The number of rotatable bonds is 6. The summed E-state index contributed by atoms with van der Waals surface area (Å²) in [5, 5.41) is 0. The highest BCUT2D eigenvalue weighted by Gasteiger charge is 2.19. The Balaban J connectivity index is 1.56. The third kappa shape index (κ3) is 8.09. The van der Waals surface area contributed by atoms with Crippen LogP contribution in [0.15, 0.2) is 72.8 Å². The van der Waals surface area contributed by atoms with Gasteiger partial charge in [-0.1, -0.05) is 72.3 Å². The maximum atomic E-state index is 13.4. The number of para-hydroxylation sites is 1. The molecule has 0 aromatic heterocycles. The molecule has 5 nitrogen and oxygen atoms in total. The standard InChI is InChI=1S/C32H40N2O3/c1-3-36-30-17-11-16-29-25-33(24-27-13-6-4-7-14-27)19-20-34(18-8-5-9-21-37-32(29)30)31(35)23-28-15-10-12-26(2)22-28/h4,6-7,10-17,22H,3,5,8-9,18-21,23-25H2,1-2H3. The van der Waals surface area contributed by atoms with Crippen molar-refractivity contribution in [3.63, 3.8) is 0 Å². The molecule has 0 saturated carbocycles. The van der Waals surface area contributed by atoms with Gasteiger partial charge >= 0.3 is 0 Å². The van der Waals surface area contributed by atoms with Crippen LogP contribution >= 0.6 is 0 Å². The monoisotopic (exact) mass is 500 g/mol. The van der Waals surface area contributed by atoms with Crippen LogP contribution in [-0.2, 0) is 24.3 Å². The number of hydrogen-bond acceptors (Lipinski definition) is 4. The van der Waals surface area contributed by atoms with Crippen LogP contribution in [-0.4, -0.2) is 48.6 Å². The summed E-state index contributed by atoms with van der Waals surface area (Å²) in [6.07, 6.45) is 3.40. The number of ether oxygens (including phenoxy) is 2. The zero-order chi connectivity index (χ0) is 25.9. The van der Waals surface area contributed by atoms with Gasteiger partial charge in [0, 0.05) is 38.3 Å². The van der Waals surface area contributed by atoms with Crippen LogP contribution in [0.5, 0.6) is 11.5 Å². The van der Waals surface area contributed by atoms with E-state index in [-0.39, 0.29) is 5.91 Å². The van der Waals surface area contributed by atoms with Crippen molar-refractivity contribution in [1.82, 2.24) is 9.80 Å². The molecule has 1 aliphatic heterocycles. The van der Waals surface area contributed by atoms with Crippen molar-refractivity contribution in [2.75, 3.05) is 32.8 Å². The molecule has 0 fully saturated rings. The van der Waals surface area contributed by atoms with Crippen LogP contribution in [0.1, 0.15) is 48.4 Å². The molecule has 0 aliphatic carbocycles. The van der Waals surface area contributed by atoms with E-state index in [4.69, 9.17) is 9.47 Å². The SMILES string of the molecule is CCOc1cccc2c1OCCCCCN(C(=O)Cc1cccc(C)c1)CCN(Cc1ccccc1)C2. The average Bonchev–Trinajstić information content (AvgIpc) is 2.91. The summed E-state index contributed by atoms with van der Waals surface area (Å²) in [5.41, 5.74) is 4.65. The van der Waals surface area contributed by atoms with Crippen molar-refractivity contribution in [3.8, 4) is 11.5 Å². The molecule has 1 amide bonds.